The highest BCUT2D eigenvalue weighted by atomic mass is 16.5. The Hall–Kier alpha value is -1.95. The van der Waals surface area contributed by atoms with E-state index >= 15 is 0 Å². The highest BCUT2D eigenvalue weighted by Crippen LogP contribution is 2.13. The maximum Gasteiger partial charge on any atom is 0.156 e. The van der Waals surface area contributed by atoms with Crippen LogP contribution in [0.3, 0.4) is 0 Å². The van der Waals surface area contributed by atoms with Crippen molar-refractivity contribution in [3.63, 3.8) is 0 Å². The predicted octanol–water partition coefficient (Wildman–Crippen LogP) is 1.56. The average molecular weight is 248 g/mol. The van der Waals surface area contributed by atoms with Crippen LogP contribution in [0.25, 0.3) is 0 Å². The van der Waals surface area contributed by atoms with Crippen LogP contribution in [0.4, 0.5) is 5.82 Å². The van der Waals surface area contributed by atoms with Gasteiger partial charge in [0.1, 0.15) is 12.1 Å². The highest BCUT2D eigenvalue weighted by Gasteiger charge is 2.08. The molecule has 2 aromatic heterocycles. The van der Waals surface area contributed by atoms with E-state index in [1.807, 2.05) is 31.0 Å². The van der Waals surface area contributed by atoms with Crippen molar-refractivity contribution in [2.45, 2.75) is 20.1 Å². The van der Waals surface area contributed by atoms with Crippen molar-refractivity contribution in [3.05, 3.63) is 35.6 Å². The molecule has 0 saturated carbocycles. The summed E-state index contributed by atoms with van der Waals surface area (Å²) in [5, 5.41) is 3.86. The van der Waals surface area contributed by atoms with Crippen LogP contribution in [0.5, 0.6) is 0 Å². The van der Waals surface area contributed by atoms with Gasteiger partial charge in [-0.05, 0) is 6.92 Å². The fourth-order valence-electron chi connectivity index (χ4n) is 1.63. The molecular weight excluding hydrogens is 232 g/mol. The standard InChI is InChI=1S/C12H16N4O2/c1-9-4-11(18-15-9)6-16(2)12-5-10(7-17-3)13-8-14-12/h4-5,8H,6-7H2,1-3H3. The number of rotatable bonds is 5. The molecule has 0 N–H and O–H groups in total. The molecule has 0 aliphatic rings. The second-order valence-corrected chi connectivity index (χ2v) is 4.09. The lowest BCUT2D eigenvalue weighted by Crippen LogP contribution is -2.17. The smallest absolute Gasteiger partial charge is 0.156 e. The van der Waals surface area contributed by atoms with E-state index in [2.05, 4.69) is 15.1 Å². The first-order valence-corrected chi connectivity index (χ1v) is 5.62. The largest absolute Gasteiger partial charge is 0.378 e. The minimum Gasteiger partial charge on any atom is -0.378 e. The van der Waals surface area contributed by atoms with Crippen molar-refractivity contribution in [2.24, 2.45) is 0 Å². The van der Waals surface area contributed by atoms with Gasteiger partial charge in [-0.3, -0.25) is 0 Å². The van der Waals surface area contributed by atoms with Gasteiger partial charge in [-0.25, -0.2) is 9.97 Å². The summed E-state index contributed by atoms with van der Waals surface area (Å²) in [5.74, 6) is 1.63. The Labute approximate surface area is 106 Å². The molecule has 96 valence electrons. The SMILES string of the molecule is COCc1cc(N(C)Cc2cc(C)no2)ncn1. The molecule has 2 rings (SSSR count). The van der Waals surface area contributed by atoms with Gasteiger partial charge >= 0.3 is 0 Å². The fourth-order valence-corrected chi connectivity index (χ4v) is 1.63. The van der Waals surface area contributed by atoms with E-state index in [1.165, 1.54) is 6.33 Å². The van der Waals surface area contributed by atoms with Gasteiger partial charge in [0.25, 0.3) is 0 Å². The van der Waals surface area contributed by atoms with Crippen LogP contribution in [0.1, 0.15) is 17.1 Å². The van der Waals surface area contributed by atoms with Crippen molar-refractivity contribution < 1.29 is 9.26 Å². The molecule has 0 amide bonds. The number of aromatic nitrogens is 3. The molecule has 0 aliphatic heterocycles. The van der Waals surface area contributed by atoms with E-state index in [0.29, 0.717) is 13.2 Å². The number of hydrogen-bond acceptors (Lipinski definition) is 6. The molecule has 0 aliphatic carbocycles. The summed E-state index contributed by atoms with van der Waals surface area (Å²) < 4.78 is 10.2. The summed E-state index contributed by atoms with van der Waals surface area (Å²) in [6, 6.07) is 3.81. The molecule has 0 bridgehead atoms. The fraction of sp³-hybridized carbons (Fsp3) is 0.417. The minimum atomic E-state index is 0.477. The van der Waals surface area contributed by atoms with Gasteiger partial charge in [0.2, 0.25) is 0 Å². The molecule has 0 atom stereocenters. The number of anilines is 1. The Bertz CT molecular complexity index is 512. The highest BCUT2D eigenvalue weighted by molar-refractivity contribution is 5.38. The molecule has 0 saturated heterocycles. The second kappa shape index (κ2) is 5.59. The van der Waals surface area contributed by atoms with Gasteiger partial charge in [-0.15, -0.1) is 0 Å². The zero-order chi connectivity index (χ0) is 13.0. The van der Waals surface area contributed by atoms with Crippen molar-refractivity contribution in [1.82, 2.24) is 15.1 Å². The molecule has 6 heteroatoms. The molecular formula is C12H16N4O2. The minimum absolute atomic E-state index is 0.477. The van der Waals surface area contributed by atoms with Crippen LogP contribution in [0.15, 0.2) is 23.0 Å². The van der Waals surface area contributed by atoms with Crippen LogP contribution in [0.2, 0.25) is 0 Å². The van der Waals surface area contributed by atoms with E-state index in [-0.39, 0.29) is 0 Å². The molecule has 18 heavy (non-hydrogen) atoms. The third-order valence-corrected chi connectivity index (χ3v) is 2.46. The Morgan fingerprint density at radius 2 is 2.17 bits per heavy atom. The first kappa shape index (κ1) is 12.5. The maximum absolute atomic E-state index is 5.17. The monoisotopic (exact) mass is 248 g/mol. The zero-order valence-electron chi connectivity index (χ0n) is 10.8. The van der Waals surface area contributed by atoms with Crippen LogP contribution in [-0.4, -0.2) is 29.3 Å². The van der Waals surface area contributed by atoms with Crippen molar-refractivity contribution in [3.8, 4) is 0 Å². The number of hydrogen-bond donors (Lipinski definition) is 0. The summed E-state index contributed by atoms with van der Waals surface area (Å²) in [6.07, 6.45) is 1.53. The second-order valence-electron chi connectivity index (χ2n) is 4.09. The topological polar surface area (TPSA) is 64.3 Å². The number of nitrogens with zero attached hydrogens (tertiary/aromatic N) is 4. The molecule has 0 aromatic carbocycles. The Morgan fingerprint density at radius 1 is 1.33 bits per heavy atom. The third kappa shape index (κ3) is 3.04. The summed E-state index contributed by atoms with van der Waals surface area (Å²) in [5.41, 5.74) is 1.73. The van der Waals surface area contributed by atoms with E-state index in [0.717, 1.165) is 23.0 Å². The zero-order valence-corrected chi connectivity index (χ0v) is 10.8. The van der Waals surface area contributed by atoms with E-state index in [1.54, 1.807) is 7.11 Å². The van der Waals surface area contributed by atoms with Crippen LogP contribution >= 0.6 is 0 Å². The average Bonchev–Trinajstić information content (AvgIpc) is 2.75. The summed E-state index contributed by atoms with van der Waals surface area (Å²) >= 11 is 0. The van der Waals surface area contributed by atoms with Gasteiger partial charge < -0.3 is 14.2 Å². The Balaban J connectivity index is 2.08. The summed E-state index contributed by atoms with van der Waals surface area (Å²) in [6.45, 7) is 2.99. The van der Waals surface area contributed by atoms with Gasteiger partial charge in [-0.2, -0.15) is 0 Å². The lowest BCUT2D eigenvalue weighted by Gasteiger charge is -2.16. The molecule has 0 radical (unpaired) electrons. The third-order valence-electron chi connectivity index (χ3n) is 2.46. The molecule has 6 nitrogen and oxygen atoms in total. The van der Waals surface area contributed by atoms with Crippen molar-refractivity contribution in [1.29, 1.82) is 0 Å². The number of methoxy groups -OCH3 is 1. The lowest BCUT2D eigenvalue weighted by molar-refractivity contribution is 0.181. The first-order chi connectivity index (χ1) is 8.69. The van der Waals surface area contributed by atoms with Gasteiger partial charge in [0.15, 0.2) is 5.76 Å². The van der Waals surface area contributed by atoms with Crippen molar-refractivity contribution >= 4 is 5.82 Å². The molecule has 2 heterocycles. The Morgan fingerprint density at radius 3 is 2.83 bits per heavy atom. The lowest BCUT2D eigenvalue weighted by atomic mass is 10.3. The van der Waals surface area contributed by atoms with Crippen LogP contribution < -0.4 is 4.90 Å². The predicted molar refractivity (Wildman–Crippen MR) is 66.1 cm³/mol. The van der Waals surface area contributed by atoms with Crippen molar-refractivity contribution in [2.75, 3.05) is 19.1 Å². The van der Waals surface area contributed by atoms with E-state index in [9.17, 15) is 0 Å². The van der Waals surface area contributed by atoms with E-state index in [4.69, 9.17) is 9.26 Å². The molecule has 0 spiro atoms. The molecule has 2 aromatic rings. The molecule has 0 fully saturated rings. The van der Waals surface area contributed by atoms with Gasteiger partial charge in [0, 0.05) is 26.3 Å². The summed E-state index contributed by atoms with van der Waals surface area (Å²) in [4.78, 5) is 10.3. The van der Waals surface area contributed by atoms with Crippen LogP contribution in [0, 0.1) is 6.92 Å². The number of ether oxygens (including phenoxy) is 1. The number of aryl methyl sites for hydroxylation is 1. The summed E-state index contributed by atoms with van der Waals surface area (Å²) in [7, 11) is 3.58. The van der Waals surface area contributed by atoms with Crippen LogP contribution in [-0.2, 0) is 17.9 Å². The van der Waals surface area contributed by atoms with Gasteiger partial charge in [0.05, 0.1) is 24.5 Å². The Kier molecular flexibility index (Phi) is 3.88. The van der Waals surface area contributed by atoms with E-state index < -0.39 is 0 Å². The normalized spacial score (nSPS) is 10.6. The maximum atomic E-state index is 5.17. The quantitative estimate of drug-likeness (QED) is 0.800. The first-order valence-electron chi connectivity index (χ1n) is 5.62. The molecule has 0 unspecified atom stereocenters. The van der Waals surface area contributed by atoms with Gasteiger partial charge in [-0.1, -0.05) is 5.16 Å².